The van der Waals surface area contributed by atoms with Gasteiger partial charge in [0.15, 0.2) is 11.5 Å². The van der Waals surface area contributed by atoms with E-state index in [0.717, 1.165) is 17.5 Å². The monoisotopic (exact) mass is 391 g/mol. The molecule has 146 valence electrons. The maximum Gasteiger partial charge on any atom is 0.220 e. The van der Waals surface area contributed by atoms with Crippen LogP contribution in [0.25, 0.3) is 0 Å². The maximum absolute atomic E-state index is 12.0. The number of amides is 1. The fourth-order valence-corrected chi connectivity index (χ4v) is 2.88. The highest BCUT2D eigenvalue weighted by molar-refractivity contribution is 6.32. The molecule has 6 heteroatoms. The first-order valence-electron chi connectivity index (χ1n) is 8.90. The number of aryl methyl sites for hydroxylation is 1. The molecule has 0 radical (unpaired) electrons. The van der Waals surface area contributed by atoms with Crippen LogP contribution in [-0.4, -0.2) is 33.3 Å². The van der Waals surface area contributed by atoms with Gasteiger partial charge in [0.05, 0.1) is 25.8 Å². The summed E-state index contributed by atoms with van der Waals surface area (Å²) in [4.78, 5) is 12.0. The van der Waals surface area contributed by atoms with Gasteiger partial charge < -0.3 is 19.5 Å². The van der Waals surface area contributed by atoms with Crippen molar-refractivity contribution < 1.29 is 19.0 Å². The number of carbonyl (C=O) groups excluding carboxylic acids is 1. The lowest BCUT2D eigenvalue weighted by Gasteiger charge is -2.13. The topological polar surface area (TPSA) is 56.8 Å². The Kier molecular flexibility index (Phi) is 8.27. The Hall–Kier alpha value is -2.40. The molecule has 27 heavy (non-hydrogen) atoms. The van der Waals surface area contributed by atoms with E-state index in [9.17, 15) is 4.79 Å². The van der Waals surface area contributed by atoms with Crippen LogP contribution in [0.2, 0.25) is 5.02 Å². The van der Waals surface area contributed by atoms with Gasteiger partial charge in [-0.2, -0.15) is 0 Å². The van der Waals surface area contributed by atoms with Crippen molar-refractivity contribution in [1.29, 1.82) is 0 Å². The second-order valence-corrected chi connectivity index (χ2v) is 6.52. The highest BCUT2D eigenvalue weighted by atomic mass is 35.5. The van der Waals surface area contributed by atoms with E-state index in [0.29, 0.717) is 48.3 Å². The molecule has 0 fully saturated rings. The number of methoxy groups -OCH3 is 2. The highest BCUT2D eigenvalue weighted by Crippen LogP contribution is 2.30. The molecular formula is C21H26ClNO4. The van der Waals surface area contributed by atoms with E-state index in [-0.39, 0.29) is 5.91 Å². The van der Waals surface area contributed by atoms with Crippen molar-refractivity contribution in [2.45, 2.75) is 26.2 Å². The molecule has 0 aliphatic rings. The quantitative estimate of drug-likeness (QED) is 0.617. The number of para-hydroxylation sites is 1. The van der Waals surface area contributed by atoms with E-state index in [1.54, 1.807) is 20.3 Å². The van der Waals surface area contributed by atoms with Gasteiger partial charge in [-0.15, -0.1) is 0 Å². The summed E-state index contributed by atoms with van der Waals surface area (Å²) in [5, 5.41) is 3.52. The van der Waals surface area contributed by atoms with Gasteiger partial charge in [0.1, 0.15) is 5.75 Å². The Balaban J connectivity index is 1.71. The third kappa shape index (κ3) is 6.36. The van der Waals surface area contributed by atoms with E-state index in [1.165, 1.54) is 0 Å². The van der Waals surface area contributed by atoms with Crippen LogP contribution < -0.4 is 19.5 Å². The summed E-state index contributed by atoms with van der Waals surface area (Å²) in [6.07, 6.45) is 1.77. The largest absolute Gasteiger partial charge is 0.493 e. The van der Waals surface area contributed by atoms with Gasteiger partial charge in [-0.1, -0.05) is 23.7 Å². The average Bonchev–Trinajstić information content (AvgIpc) is 2.67. The normalized spacial score (nSPS) is 10.4. The minimum atomic E-state index is 0.0101. The highest BCUT2D eigenvalue weighted by Gasteiger charge is 2.09. The zero-order valence-corrected chi connectivity index (χ0v) is 16.8. The van der Waals surface area contributed by atoms with E-state index < -0.39 is 0 Å². The predicted molar refractivity (Wildman–Crippen MR) is 107 cm³/mol. The maximum atomic E-state index is 12.0. The minimum absolute atomic E-state index is 0.0101. The molecule has 0 saturated carbocycles. The van der Waals surface area contributed by atoms with Gasteiger partial charge in [-0.25, -0.2) is 0 Å². The molecule has 2 aromatic carbocycles. The summed E-state index contributed by atoms with van der Waals surface area (Å²) in [5.41, 5.74) is 2.23. The van der Waals surface area contributed by atoms with Crippen molar-refractivity contribution in [3.8, 4) is 17.2 Å². The Morgan fingerprint density at radius 2 is 1.78 bits per heavy atom. The summed E-state index contributed by atoms with van der Waals surface area (Å²) in [6.45, 7) is 3.04. The zero-order chi connectivity index (χ0) is 19.6. The number of rotatable bonds is 10. The third-order valence-corrected chi connectivity index (χ3v) is 4.51. The van der Waals surface area contributed by atoms with E-state index in [2.05, 4.69) is 5.32 Å². The molecule has 0 aromatic heterocycles. The van der Waals surface area contributed by atoms with Crippen LogP contribution in [0.1, 0.15) is 24.0 Å². The molecule has 5 nitrogen and oxygen atoms in total. The molecule has 0 bridgehead atoms. The lowest BCUT2D eigenvalue weighted by Crippen LogP contribution is -2.26. The first kappa shape index (κ1) is 20.9. The molecule has 1 amide bonds. The summed E-state index contributed by atoms with van der Waals surface area (Å²) in [7, 11) is 3.23. The fraction of sp³-hybridized carbons (Fsp3) is 0.381. The lowest BCUT2D eigenvalue weighted by atomic mass is 10.0. The first-order chi connectivity index (χ1) is 13.0. The molecule has 0 aliphatic heterocycles. The Labute approximate surface area is 165 Å². The molecule has 2 aromatic rings. The first-order valence-corrected chi connectivity index (χ1v) is 9.28. The number of hydrogen-bond acceptors (Lipinski definition) is 4. The number of carbonyl (C=O) groups is 1. The summed E-state index contributed by atoms with van der Waals surface area (Å²) < 4.78 is 16.2. The van der Waals surface area contributed by atoms with Crippen molar-refractivity contribution >= 4 is 17.5 Å². The lowest BCUT2D eigenvalue weighted by molar-refractivity contribution is -0.121. The zero-order valence-electron chi connectivity index (χ0n) is 16.0. The average molecular weight is 392 g/mol. The van der Waals surface area contributed by atoms with Crippen LogP contribution in [0.15, 0.2) is 36.4 Å². The van der Waals surface area contributed by atoms with Crippen LogP contribution in [0.4, 0.5) is 0 Å². The molecule has 0 heterocycles. The number of halogens is 1. The molecule has 0 saturated heterocycles. The standard InChI is InChI=1S/C21H26ClNO4/c1-15-13-19(25-2)20(26-3)14-16(15)10-11-23-21(24)9-6-12-27-18-8-5-4-7-17(18)22/h4-5,7-8,13-14H,6,9-12H2,1-3H3,(H,23,24). The molecule has 0 spiro atoms. The molecular weight excluding hydrogens is 366 g/mol. The van der Waals surface area contributed by atoms with Gasteiger partial charge in [0, 0.05) is 13.0 Å². The Morgan fingerprint density at radius 3 is 2.48 bits per heavy atom. The summed E-state index contributed by atoms with van der Waals surface area (Å²) in [6, 6.07) is 11.2. The molecule has 0 aliphatic carbocycles. The Bertz CT molecular complexity index is 764. The summed E-state index contributed by atoms with van der Waals surface area (Å²) in [5.74, 6) is 2.06. The SMILES string of the molecule is COc1cc(C)c(CCNC(=O)CCCOc2ccccc2Cl)cc1OC. The fourth-order valence-electron chi connectivity index (χ4n) is 2.69. The second kappa shape index (κ2) is 10.7. The second-order valence-electron chi connectivity index (χ2n) is 6.12. The Morgan fingerprint density at radius 1 is 1.07 bits per heavy atom. The number of ether oxygens (including phenoxy) is 3. The van der Waals surface area contributed by atoms with Crippen molar-refractivity contribution in [3.05, 3.63) is 52.5 Å². The molecule has 0 unspecified atom stereocenters. The molecule has 1 N–H and O–H groups in total. The number of benzene rings is 2. The van der Waals surface area contributed by atoms with Gasteiger partial charge in [-0.3, -0.25) is 4.79 Å². The number of nitrogens with one attached hydrogen (secondary N) is 1. The van der Waals surface area contributed by atoms with Crippen LogP contribution in [0.5, 0.6) is 17.2 Å². The number of hydrogen-bond donors (Lipinski definition) is 1. The van der Waals surface area contributed by atoms with Crippen molar-refractivity contribution in [2.24, 2.45) is 0 Å². The predicted octanol–water partition coefficient (Wildman–Crippen LogP) is 4.18. The van der Waals surface area contributed by atoms with Crippen LogP contribution in [0.3, 0.4) is 0 Å². The van der Waals surface area contributed by atoms with Gasteiger partial charge in [-0.05, 0) is 55.2 Å². The smallest absolute Gasteiger partial charge is 0.220 e. The van der Waals surface area contributed by atoms with E-state index >= 15 is 0 Å². The van der Waals surface area contributed by atoms with Crippen LogP contribution in [0, 0.1) is 6.92 Å². The molecule has 0 atom stereocenters. The minimum Gasteiger partial charge on any atom is -0.493 e. The third-order valence-electron chi connectivity index (χ3n) is 4.20. The van der Waals surface area contributed by atoms with Gasteiger partial charge in [0.2, 0.25) is 5.91 Å². The van der Waals surface area contributed by atoms with Crippen molar-refractivity contribution in [3.63, 3.8) is 0 Å². The van der Waals surface area contributed by atoms with Crippen molar-refractivity contribution in [2.75, 3.05) is 27.4 Å². The van der Waals surface area contributed by atoms with E-state index in [1.807, 2.05) is 37.3 Å². The van der Waals surface area contributed by atoms with E-state index in [4.69, 9.17) is 25.8 Å². The van der Waals surface area contributed by atoms with Crippen molar-refractivity contribution in [1.82, 2.24) is 5.32 Å². The van der Waals surface area contributed by atoms with Gasteiger partial charge in [0.25, 0.3) is 0 Å². The molecule has 2 rings (SSSR count). The van der Waals surface area contributed by atoms with Crippen LogP contribution >= 0.6 is 11.6 Å². The van der Waals surface area contributed by atoms with Gasteiger partial charge >= 0.3 is 0 Å². The summed E-state index contributed by atoms with van der Waals surface area (Å²) >= 11 is 6.02. The van der Waals surface area contributed by atoms with Crippen LogP contribution in [-0.2, 0) is 11.2 Å².